The SMILES string of the molecule is CCOC(=O)c1c2cccccc-2c(C(c2ccc(F)cc2)c2c3cccccc-3c(C(=O)OCC)c2O)c1O. The van der Waals surface area contributed by atoms with E-state index < -0.39 is 23.7 Å². The molecule has 0 amide bonds. The summed E-state index contributed by atoms with van der Waals surface area (Å²) in [5.74, 6) is -3.41. The highest BCUT2D eigenvalue weighted by molar-refractivity contribution is 6.06. The average molecular weight is 539 g/mol. The van der Waals surface area contributed by atoms with Gasteiger partial charge in [-0.3, -0.25) is 0 Å². The number of ether oxygens (including phenoxy) is 2. The van der Waals surface area contributed by atoms with Crippen LogP contribution in [0.15, 0.2) is 84.9 Å². The van der Waals surface area contributed by atoms with Gasteiger partial charge in [-0.1, -0.05) is 72.8 Å². The molecule has 5 rings (SSSR count). The molecule has 40 heavy (non-hydrogen) atoms. The molecule has 0 heterocycles. The van der Waals surface area contributed by atoms with Crippen LogP contribution in [0, 0.1) is 5.82 Å². The van der Waals surface area contributed by atoms with Gasteiger partial charge in [0.15, 0.2) is 0 Å². The van der Waals surface area contributed by atoms with Gasteiger partial charge in [-0.15, -0.1) is 0 Å². The Morgan fingerprint density at radius 3 is 1.45 bits per heavy atom. The van der Waals surface area contributed by atoms with Crippen LogP contribution in [0.1, 0.15) is 57.2 Å². The zero-order valence-electron chi connectivity index (χ0n) is 22.0. The van der Waals surface area contributed by atoms with Crippen molar-refractivity contribution in [3.8, 4) is 33.8 Å². The highest BCUT2D eigenvalue weighted by Gasteiger charge is 2.38. The van der Waals surface area contributed by atoms with Crippen molar-refractivity contribution in [2.75, 3.05) is 13.2 Å². The first kappa shape index (κ1) is 26.7. The van der Waals surface area contributed by atoms with Crippen LogP contribution < -0.4 is 0 Å². The van der Waals surface area contributed by atoms with E-state index in [4.69, 9.17) is 9.47 Å². The molecule has 0 aliphatic heterocycles. The van der Waals surface area contributed by atoms with Gasteiger partial charge >= 0.3 is 11.9 Å². The lowest BCUT2D eigenvalue weighted by Gasteiger charge is -2.21. The molecule has 4 aliphatic carbocycles. The normalized spacial score (nSPS) is 11.2. The Balaban J connectivity index is 1.91. The third-order valence-electron chi connectivity index (χ3n) is 6.92. The molecule has 4 aliphatic rings. The number of aromatic hydroxyl groups is 2. The molecule has 0 unspecified atom stereocenters. The van der Waals surface area contributed by atoms with E-state index in [0.29, 0.717) is 38.9 Å². The van der Waals surface area contributed by atoms with Gasteiger partial charge in [0.05, 0.1) is 13.2 Å². The summed E-state index contributed by atoms with van der Waals surface area (Å²) in [6, 6.07) is 23.2. The minimum absolute atomic E-state index is 0.0123. The number of fused-ring (bicyclic) bond motifs is 2. The summed E-state index contributed by atoms with van der Waals surface area (Å²) in [7, 11) is 0. The molecule has 1 aromatic carbocycles. The monoisotopic (exact) mass is 538 g/mol. The first-order chi connectivity index (χ1) is 19.4. The maximum absolute atomic E-state index is 14.1. The topological polar surface area (TPSA) is 93.1 Å². The number of benzene rings is 1. The lowest BCUT2D eigenvalue weighted by atomic mass is 9.82. The molecule has 0 saturated carbocycles. The largest absolute Gasteiger partial charge is 0.507 e. The summed E-state index contributed by atoms with van der Waals surface area (Å²) in [5.41, 5.74) is 3.09. The fraction of sp³-hybridized carbons (Fsp3) is 0.152. The molecule has 1 aromatic rings. The summed E-state index contributed by atoms with van der Waals surface area (Å²) < 4.78 is 24.6. The van der Waals surface area contributed by atoms with Crippen molar-refractivity contribution in [2.45, 2.75) is 19.8 Å². The van der Waals surface area contributed by atoms with E-state index >= 15 is 0 Å². The fourth-order valence-electron chi connectivity index (χ4n) is 5.32. The molecule has 0 aromatic heterocycles. The van der Waals surface area contributed by atoms with Crippen LogP contribution in [0.25, 0.3) is 22.3 Å². The van der Waals surface area contributed by atoms with Gasteiger partial charge in [-0.25, -0.2) is 14.0 Å². The van der Waals surface area contributed by atoms with E-state index in [1.165, 1.54) is 12.1 Å². The Hall–Kier alpha value is -4.91. The second-order valence-electron chi connectivity index (χ2n) is 9.18. The van der Waals surface area contributed by atoms with Crippen molar-refractivity contribution in [1.29, 1.82) is 0 Å². The minimum Gasteiger partial charge on any atom is -0.507 e. The molecular formula is C33H27FO6. The summed E-state index contributed by atoms with van der Waals surface area (Å²) in [5, 5.41) is 23.4. The quantitative estimate of drug-likeness (QED) is 0.217. The molecule has 0 bridgehead atoms. The van der Waals surface area contributed by atoms with Crippen molar-refractivity contribution in [1.82, 2.24) is 0 Å². The van der Waals surface area contributed by atoms with Crippen molar-refractivity contribution < 1.29 is 33.7 Å². The van der Waals surface area contributed by atoms with Crippen LogP contribution in [0.3, 0.4) is 0 Å². The van der Waals surface area contributed by atoms with Gasteiger partial charge in [-0.05, 0) is 42.7 Å². The first-order valence-electron chi connectivity index (χ1n) is 13.0. The Labute approximate surface area is 230 Å². The number of rotatable bonds is 7. The van der Waals surface area contributed by atoms with Gasteiger partial charge in [0.25, 0.3) is 0 Å². The molecule has 2 N–H and O–H groups in total. The predicted octanol–water partition coefficient (Wildman–Crippen LogP) is 6.98. The molecular weight excluding hydrogens is 511 g/mol. The second kappa shape index (κ2) is 11.1. The van der Waals surface area contributed by atoms with Gasteiger partial charge in [0.2, 0.25) is 0 Å². The number of halogens is 1. The molecule has 0 fully saturated rings. The maximum Gasteiger partial charge on any atom is 0.342 e. The third kappa shape index (κ3) is 4.49. The van der Waals surface area contributed by atoms with Crippen LogP contribution in [-0.2, 0) is 9.47 Å². The number of hydrogen-bond acceptors (Lipinski definition) is 6. The number of carbonyl (C=O) groups is 2. The number of carbonyl (C=O) groups excluding carboxylic acids is 2. The summed E-state index contributed by atoms with van der Waals surface area (Å²) in [6.07, 6.45) is 0. The fourth-order valence-corrected chi connectivity index (χ4v) is 5.32. The number of hydrogen-bond donors (Lipinski definition) is 2. The standard InChI is InChI=1S/C33H27FO6/c1-3-39-32(37)28-23-13-9-5-7-11-21(23)26(30(28)35)25(19-15-17-20(34)18-16-19)27-22-12-8-6-10-14-24(22)29(31(27)36)33(38)40-4-2/h5-18,25,35-36H,3-4H2,1-2H3. The molecule has 0 saturated heterocycles. The molecule has 0 radical (unpaired) electrons. The first-order valence-corrected chi connectivity index (χ1v) is 13.0. The van der Waals surface area contributed by atoms with E-state index in [9.17, 15) is 24.2 Å². The molecule has 7 heteroatoms. The van der Waals surface area contributed by atoms with Crippen LogP contribution in [0.5, 0.6) is 11.5 Å². The average Bonchev–Trinajstić information content (AvgIpc) is 3.13. The molecule has 6 nitrogen and oxygen atoms in total. The van der Waals surface area contributed by atoms with Crippen LogP contribution in [-0.4, -0.2) is 35.4 Å². The Kier molecular flexibility index (Phi) is 7.38. The van der Waals surface area contributed by atoms with Crippen LogP contribution in [0.2, 0.25) is 0 Å². The van der Waals surface area contributed by atoms with Gasteiger partial charge in [0.1, 0.15) is 28.4 Å². The predicted molar refractivity (Wildman–Crippen MR) is 149 cm³/mol. The van der Waals surface area contributed by atoms with Gasteiger partial charge < -0.3 is 19.7 Å². The summed E-state index contributed by atoms with van der Waals surface area (Å²) in [4.78, 5) is 26.2. The summed E-state index contributed by atoms with van der Waals surface area (Å²) in [6.45, 7) is 3.56. The smallest absolute Gasteiger partial charge is 0.342 e. The molecule has 202 valence electrons. The van der Waals surface area contributed by atoms with Crippen molar-refractivity contribution in [3.05, 3.63) is 119 Å². The maximum atomic E-state index is 14.1. The van der Waals surface area contributed by atoms with Crippen molar-refractivity contribution in [2.24, 2.45) is 0 Å². The van der Waals surface area contributed by atoms with E-state index in [2.05, 4.69) is 0 Å². The highest BCUT2D eigenvalue weighted by Crippen LogP contribution is 2.55. The second-order valence-corrected chi connectivity index (χ2v) is 9.18. The van der Waals surface area contributed by atoms with E-state index in [0.717, 1.165) is 0 Å². The van der Waals surface area contributed by atoms with Gasteiger partial charge in [0, 0.05) is 28.2 Å². The van der Waals surface area contributed by atoms with Crippen molar-refractivity contribution in [3.63, 3.8) is 0 Å². The lowest BCUT2D eigenvalue weighted by Crippen LogP contribution is -2.06. The summed E-state index contributed by atoms with van der Waals surface area (Å²) >= 11 is 0. The van der Waals surface area contributed by atoms with E-state index in [1.807, 2.05) is 0 Å². The van der Waals surface area contributed by atoms with Crippen LogP contribution in [0.4, 0.5) is 4.39 Å². The highest BCUT2D eigenvalue weighted by atomic mass is 19.1. The van der Waals surface area contributed by atoms with Gasteiger partial charge in [-0.2, -0.15) is 0 Å². The zero-order valence-corrected chi connectivity index (χ0v) is 22.0. The molecule has 0 atom stereocenters. The minimum atomic E-state index is -0.915. The van der Waals surface area contributed by atoms with E-state index in [-0.39, 0.29) is 35.8 Å². The zero-order chi connectivity index (χ0) is 28.4. The Bertz CT molecular complexity index is 1540. The lowest BCUT2D eigenvalue weighted by molar-refractivity contribution is 0.0514. The van der Waals surface area contributed by atoms with Crippen LogP contribution >= 0.6 is 0 Å². The Morgan fingerprint density at radius 1 is 0.650 bits per heavy atom. The van der Waals surface area contributed by atoms with Crippen molar-refractivity contribution >= 4 is 11.9 Å². The number of esters is 2. The molecule has 0 spiro atoms. The third-order valence-corrected chi connectivity index (χ3v) is 6.92. The van der Waals surface area contributed by atoms with E-state index in [1.54, 1.807) is 86.6 Å². The Morgan fingerprint density at radius 2 is 1.05 bits per heavy atom.